The van der Waals surface area contributed by atoms with Crippen molar-refractivity contribution < 1.29 is 0 Å². The number of nitrogens with zero attached hydrogens (tertiary/aromatic N) is 4. The first kappa shape index (κ1) is 12.6. The van der Waals surface area contributed by atoms with Crippen LogP contribution in [0.25, 0.3) is 11.3 Å². The monoisotopic (exact) mass is 265 g/mol. The summed E-state index contributed by atoms with van der Waals surface area (Å²) in [4.78, 5) is 10.8. The van der Waals surface area contributed by atoms with Gasteiger partial charge in [0.2, 0.25) is 0 Å². The number of nitrogens with one attached hydrogen (secondary N) is 1. The van der Waals surface area contributed by atoms with Crippen molar-refractivity contribution in [3.8, 4) is 17.3 Å². The van der Waals surface area contributed by atoms with Crippen molar-refractivity contribution >= 4 is 5.69 Å². The van der Waals surface area contributed by atoms with Gasteiger partial charge in [-0.15, -0.1) is 0 Å². The normalized spacial score (nSPS) is 14.8. The highest BCUT2D eigenvalue weighted by molar-refractivity contribution is 5.79. The molecule has 0 aliphatic carbocycles. The first-order valence-corrected chi connectivity index (χ1v) is 6.65. The lowest BCUT2D eigenvalue weighted by Gasteiger charge is -2.31. The predicted molar refractivity (Wildman–Crippen MR) is 77.3 cm³/mol. The van der Waals surface area contributed by atoms with Gasteiger partial charge in [-0.3, -0.25) is 9.97 Å². The van der Waals surface area contributed by atoms with Gasteiger partial charge < -0.3 is 10.2 Å². The zero-order valence-electron chi connectivity index (χ0n) is 11.1. The number of hydrogen-bond donors (Lipinski definition) is 1. The van der Waals surface area contributed by atoms with Crippen molar-refractivity contribution in [2.75, 3.05) is 31.1 Å². The molecular weight excluding hydrogens is 250 g/mol. The fourth-order valence-electron chi connectivity index (χ4n) is 2.47. The van der Waals surface area contributed by atoms with Crippen LogP contribution in [0.2, 0.25) is 0 Å². The molecule has 5 heteroatoms. The second-order valence-electron chi connectivity index (χ2n) is 4.64. The van der Waals surface area contributed by atoms with Gasteiger partial charge in [0.15, 0.2) is 0 Å². The van der Waals surface area contributed by atoms with Gasteiger partial charge in [0, 0.05) is 50.3 Å². The molecule has 1 fully saturated rings. The molecule has 0 aromatic carbocycles. The first-order chi connectivity index (χ1) is 9.90. The Morgan fingerprint density at radius 2 is 1.85 bits per heavy atom. The largest absolute Gasteiger partial charge is 0.366 e. The third kappa shape index (κ3) is 2.33. The molecule has 2 aromatic heterocycles. The minimum absolute atomic E-state index is 0.675. The van der Waals surface area contributed by atoms with E-state index >= 15 is 0 Å². The van der Waals surface area contributed by atoms with Crippen molar-refractivity contribution in [2.45, 2.75) is 0 Å². The van der Waals surface area contributed by atoms with Gasteiger partial charge in [0.1, 0.15) is 6.07 Å². The highest BCUT2D eigenvalue weighted by Gasteiger charge is 2.19. The molecule has 0 saturated carbocycles. The Kier molecular flexibility index (Phi) is 3.57. The Morgan fingerprint density at radius 3 is 2.55 bits per heavy atom. The lowest BCUT2D eigenvalue weighted by Crippen LogP contribution is -2.44. The summed E-state index contributed by atoms with van der Waals surface area (Å²) in [7, 11) is 0. The highest BCUT2D eigenvalue weighted by Crippen LogP contribution is 2.31. The van der Waals surface area contributed by atoms with Gasteiger partial charge in [0.05, 0.1) is 16.9 Å². The van der Waals surface area contributed by atoms with Crippen LogP contribution in [0.15, 0.2) is 36.8 Å². The molecule has 0 unspecified atom stereocenters. The molecule has 0 bridgehead atoms. The van der Waals surface area contributed by atoms with E-state index in [0.717, 1.165) is 43.1 Å². The summed E-state index contributed by atoms with van der Waals surface area (Å²) in [6.45, 7) is 3.63. The second-order valence-corrected chi connectivity index (χ2v) is 4.64. The maximum atomic E-state index is 9.39. The molecule has 0 atom stereocenters. The Labute approximate surface area is 117 Å². The van der Waals surface area contributed by atoms with Crippen LogP contribution in [0.5, 0.6) is 0 Å². The number of hydrogen-bond acceptors (Lipinski definition) is 5. The van der Waals surface area contributed by atoms with E-state index in [-0.39, 0.29) is 0 Å². The number of aromatic nitrogens is 2. The fourth-order valence-corrected chi connectivity index (χ4v) is 2.47. The molecule has 5 nitrogen and oxygen atoms in total. The van der Waals surface area contributed by atoms with Crippen LogP contribution in [0, 0.1) is 11.3 Å². The van der Waals surface area contributed by atoms with Crippen LogP contribution in [-0.4, -0.2) is 36.1 Å². The van der Waals surface area contributed by atoms with E-state index in [1.54, 1.807) is 24.7 Å². The smallest absolute Gasteiger partial charge is 0.101 e. The lowest BCUT2D eigenvalue weighted by atomic mass is 10.1. The van der Waals surface area contributed by atoms with Crippen LogP contribution in [0.1, 0.15) is 5.56 Å². The molecule has 1 aliphatic heterocycles. The van der Waals surface area contributed by atoms with Gasteiger partial charge >= 0.3 is 0 Å². The minimum Gasteiger partial charge on any atom is -0.366 e. The number of nitriles is 1. The molecule has 3 heterocycles. The van der Waals surface area contributed by atoms with Crippen LogP contribution in [-0.2, 0) is 0 Å². The number of pyridine rings is 2. The van der Waals surface area contributed by atoms with Gasteiger partial charge in [-0.25, -0.2) is 0 Å². The van der Waals surface area contributed by atoms with Gasteiger partial charge in [-0.2, -0.15) is 5.26 Å². The van der Waals surface area contributed by atoms with Gasteiger partial charge in [-0.1, -0.05) is 0 Å². The zero-order valence-corrected chi connectivity index (χ0v) is 11.1. The van der Waals surface area contributed by atoms with E-state index in [4.69, 9.17) is 0 Å². The molecule has 0 amide bonds. The fraction of sp³-hybridized carbons (Fsp3) is 0.267. The van der Waals surface area contributed by atoms with Crippen molar-refractivity contribution in [1.29, 1.82) is 5.26 Å². The minimum atomic E-state index is 0.675. The number of anilines is 1. The van der Waals surface area contributed by atoms with Gasteiger partial charge in [-0.05, 0) is 18.2 Å². The van der Waals surface area contributed by atoms with Crippen molar-refractivity contribution in [3.05, 3.63) is 42.4 Å². The average Bonchev–Trinajstić information content (AvgIpc) is 2.55. The molecule has 3 rings (SSSR count). The first-order valence-electron chi connectivity index (χ1n) is 6.65. The maximum absolute atomic E-state index is 9.39. The molecule has 1 aliphatic rings. The Morgan fingerprint density at radius 1 is 1.10 bits per heavy atom. The Bertz CT molecular complexity index is 626. The maximum Gasteiger partial charge on any atom is 0.101 e. The molecule has 0 spiro atoms. The Balaban J connectivity index is 2.12. The topological polar surface area (TPSA) is 64.8 Å². The van der Waals surface area contributed by atoms with Crippen molar-refractivity contribution in [3.63, 3.8) is 0 Å². The van der Waals surface area contributed by atoms with E-state index in [9.17, 15) is 5.26 Å². The molecule has 1 N–H and O–H groups in total. The lowest BCUT2D eigenvalue weighted by molar-refractivity contribution is 0.589. The summed E-state index contributed by atoms with van der Waals surface area (Å²) < 4.78 is 0. The average molecular weight is 265 g/mol. The van der Waals surface area contributed by atoms with Crippen molar-refractivity contribution in [2.24, 2.45) is 0 Å². The van der Waals surface area contributed by atoms with E-state index < -0.39 is 0 Å². The zero-order chi connectivity index (χ0) is 13.8. The second kappa shape index (κ2) is 5.68. The standard InChI is InChI=1S/C15H15N5/c16-11-13-3-6-19-14(12-1-4-17-5-2-12)15(13)20-9-7-18-8-10-20/h1-6,18H,7-10H2. The number of rotatable bonds is 2. The number of piperazine rings is 1. The highest BCUT2D eigenvalue weighted by atomic mass is 15.2. The van der Waals surface area contributed by atoms with Crippen LogP contribution >= 0.6 is 0 Å². The van der Waals surface area contributed by atoms with E-state index in [0.29, 0.717) is 5.56 Å². The molecule has 20 heavy (non-hydrogen) atoms. The predicted octanol–water partition coefficient (Wildman–Crippen LogP) is 1.42. The summed E-state index contributed by atoms with van der Waals surface area (Å²) in [5.74, 6) is 0. The third-order valence-electron chi connectivity index (χ3n) is 3.43. The van der Waals surface area contributed by atoms with E-state index in [2.05, 4.69) is 26.3 Å². The summed E-state index contributed by atoms with van der Waals surface area (Å²) in [5, 5.41) is 12.7. The third-order valence-corrected chi connectivity index (χ3v) is 3.43. The Hall–Kier alpha value is -2.45. The molecular formula is C15H15N5. The summed E-state index contributed by atoms with van der Waals surface area (Å²) in [6.07, 6.45) is 5.19. The molecule has 1 saturated heterocycles. The summed E-state index contributed by atoms with van der Waals surface area (Å²) in [6, 6.07) is 7.92. The quantitative estimate of drug-likeness (QED) is 0.889. The van der Waals surface area contributed by atoms with Crippen LogP contribution in [0.4, 0.5) is 5.69 Å². The van der Waals surface area contributed by atoms with Crippen molar-refractivity contribution in [1.82, 2.24) is 15.3 Å². The van der Waals surface area contributed by atoms with Gasteiger partial charge in [0.25, 0.3) is 0 Å². The van der Waals surface area contributed by atoms with Crippen LogP contribution in [0.3, 0.4) is 0 Å². The molecule has 0 radical (unpaired) electrons. The van der Waals surface area contributed by atoms with E-state index in [1.807, 2.05) is 12.1 Å². The van der Waals surface area contributed by atoms with E-state index in [1.165, 1.54) is 0 Å². The van der Waals surface area contributed by atoms with Crippen LogP contribution < -0.4 is 10.2 Å². The summed E-state index contributed by atoms with van der Waals surface area (Å²) in [5.41, 5.74) is 3.45. The molecule has 2 aromatic rings. The SMILES string of the molecule is N#Cc1ccnc(-c2ccncc2)c1N1CCNCC1. The summed E-state index contributed by atoms with van der Waals surface area (Å²) >= 11 is 0. The molecule has 100 valence electrons.